The van der Waals surface area contributed by atoms with Gasteiger partial charge in [-0.2, -0.15) is 0 Å². The van der Waals surface area contributed by atoms with Crippen molar-refractivity contribution in [3.05, 3.63) is 36.9 Å². The van der Waals surface area contributed by atoms with Crippen molar-refractivity contribution in [2.45, 2.75) is 12.6 Å². The monoisotopic (exact) mass is 228 g/mol. The summed E-state index contributed by atoms with van der Waals surface area (Å²) < 4.78 is 1.53. The van der Waals surface area contributed by atoms with Crippen molar-refractivity contribution >= 4 is 23.0 Å². The van der Waals surface area contributed by atoms with E-state index in [1.54, 1.807) is 6.08 Å². The highest BCUT2D eigenvalue weighted by atomic mass is 16.2. The number of imidazole rings is 1. The number of para-hydroxylation sites is 2. The summed E-state index contributed by atoms with van der Waals surface area (Å²) in [7, 11) is 0. The van der Waals surface area contributed by atoms with Crippen molar-refractivity contribution < 1.29 is 4.79 Å². The molecular weight excluding hydrogens is 216 g/mol. The van der Waals surface area contributed by atoms with Gasteiger partial charge in [0.15, 0.2) is 0 Å². The quantitative estimate of drug-likeness (QED) is 0.733. The topological polar surface area (TPSA) is 59.0 Å². The molecular formula is C12H12N4O. The van der Waals surface area contributed by atoms with Gasteiger partial charge < -0.3 is 10.6 Å². The molecule has 0 radical (unpaired) electrons. The number of carbonyl (C=O) groups is 1. The molecule has 5 nitrogen and oxygen atoms in total. The van der Waals surface area contributed by atoms with Gasteiger partial charge in [0, 0.05) is 0 Å². The van der Waals surface area contributed by atoms with Gasteiger partial charge in [-0.25, -0.2) is 14.3 Å². The number of fused-ring (bicyclic) bond motifs is 3. The Morgan fingerprint density at radius 2 is 2.18 bits per heavy atom. The third-order valence-corrected chi connectivity index (χ3v) is 2.91. The molecule has 86 valence electrons. The molecule has 0 fully saturated rings. The molecule has 3 rings (SSSR count). The Hall–Kier alpha value is -2.30. The van der Waals surface area contributed by atoms with Crippen LogP contribution in [0.5, 0.6) is 0 Å². The van der Waals surface area contributed by atoms with Crippen LogP contribution in [-0.4, -0.2) is 21.2 Å². The Kier molecular flexibility index (Phi) is 1.80. The number of benzene rings is 1. The van der Waals surface area contributed by atoms with Crippen LogP contribution in [0.4, 0.5) is 10.7 Å². The highest BCUT2D eigenvalue weighted by molar-refractivity contribution is 5.95. The summed E-state index contributed by atoms with van der Waals surface area (Å²) in [6, 6.07) is 7.32. The van der Waals surface area contributed by atoms with Crippen molar-refractivity contribution in [2.75, 3.05) is 5.32 Å². The molecule has 0 spiro atoms. The van der Waals surface area contributed by atoms with Crippen LogP contribution in [0.3, 0.4) is 0 Å². The molecule has 0 aliphatic carbocycles. The average molecular weight is 228 g/mol. The van der Waals surface area contributed by atoms with E-state index in [4.69, 9.17) is 0 Å². The standard InChI is InChI=1S/C12H12N4O/c1-3-12(2)14-10-13-8-6-4-5-7-9(8)16(10)11(17)15-12/h3-7H,1H2,2H3,(H,13,14)(H,15,17). The fourth-order valence-electron chi connectivity index (χ4n) is 1.96. The molecule has 0 saturated heterocycles. The molecule has 0 saturated carbocycles. The molecule has 1 amide bonds. The van der Waals surface area contributed by atoms with Gasteiger partial charge in [-0.1, -0.05) is 18.7 Å². The third-order valence-electron chi connectivity index (χ3n) is 2.91. The largest absolute Gasteiger partial charge is 0.331 e. The first kappa shape index (κ1) is 9.89. The van der Waals surface area contributed by atoms with Crippen LogP contribution < -0.4 is 10.6 Å². The summed E-state index contributed by atoms with van der Waals surface area (Å²) in [4.78, 5) is 16.4. The summed E-state index contributed by atoms with van der Waals surface area (Å²) in [5.74, 6) is 0.539. The summed E-state index contributed by atoms with van der Waals surface area (Å²) in [6.07, 6.45) is 1.65. The number of nitrogens with one attached hydrogen (secondary N) is 2. The maximum Gasteiger partial charge on any atom is 0.331 e. The lowest BCUT2D eigenvalue weighted by Crippen LogP contribution is -2.56. The Morgan fingerprint density at radius 3 is 2.94 bits per heavy atom. The van der Waals surface area contributed by atoms with Gasteiger partial charge in [-0.15, -0.1) is 0 Å². The molecule has 1 aromatic heterocycles. The predicted molar refractivity (Wildman–Crippen MR) is 65.9 cm³/mol. The van der Waals surface area contributed by atoms with Gasteiger partial charge in [0.25, 0.3) is 0 Å². The first-order valence-electron chi connectivity index (χ1n) is 5.35. The van der Waals surface area contributed by atoms with E-state index in [9.17, 15) is 4.79 Å². The summed E-state index contributed by atoms with van der Waals surface area (Å²) in [6.45, 7) is 5.54. The van der Waals surface area contributed by atoms with Gasteiger partial charge in [-0.3, -0.25) is 0 Å². The van der Waals surface area contributed by atoms with Crippen molar-refractivity contribution in [3.63, 3.8) is 0 Å². The van der Waals surface area contributed by atoms with E-state index >= 15 is 0 Å². The van der Waals surface area contributed by atoms with E-state index in [1.165, 1.54) is 4.57 Å². The lowest BCUT2D eigenvalue weighted by Gasteiger charge is -2.33. The molecule has 2 aromatic rings. The van der Waals surface area contributed by atoms with Crippen LogP contribution in [-0.2, 0) is 0 Å². The number of hydrogen-bond acceptors (Lipinski definition) is 3. The first-order chi connectivity index (χ1) is 8.13. The predicted octanol–water partition coefficient (Wildman–Crippen LogP) is 1.92. The van der Waals surface area contributed by atoms with Crippen molar-refractivity contribution in [1.82, 2.24) is 14.9 Å². The van der Waals surface area contributed by atoms with E-state index in [1.807, 2.05) is 31.2 Å². The van der Waals surface area contributed by atoms with Crippen LogP contribution in [0.2, 0.25) is 0 Å². The molecule has 1 aliphatic rings. The number of aromatic nitrogens is 2. The molecule has 1 aliphatic heterocycles. The Morgan fingerprint density at radius 1 is 1.41 bits per heavy atom. The minimum Gasteiger partial charge on any atom is -0.329 e. The number of nitrogens with zero attached hydrogens (tertiary/aromatic N) is 2. The van der Waals surface area contributed by atoms with E-state index in [2.05, 4.69) is 22.2 Å². The fraction of sp³-hybridized carbons (Fsp3) is 0.167. The van der Waals surface area contributed by atoms with Crippen LogP contribution >= 0.6 is 0 Å². The molecule has 0 bridgehead atoms. The second-order valence-electron chi connectivity index (χ2n) is 4.22. The average Bonchev–Trinajstić information content (AvgIpc) is 2.66. The number of amides is 1. The number of anilines is 1. The van der Waals surface area contributed by atoms with E-state index in [0.717, 1.165) is 11.0 Å². The van der Waals surface area contributed by atoms with Crippen molar-refractivity contribution in [1.29, 1.82) is 0 Å². The van der Waals surface area contributed by atoms with E-state index in [0.29, 0.717) is 5.95 Å². The van der Waals surface area contributed by atoms with Gasteiger partial charge >= 0.3 is 6.03 Å². The van der Waals surface area contributed by atoms with Gasteiger partial charge in [0.05, 0.1) is 11.0 Å². The summed E-state index contributed by atoms with van der Waals surface area (Å²) in [5, 5.41) is 5.98. The second kappa shape index (κ2) is 3.10. The number of hydrogen-bond donors (Lipinski definition) is 2. The van der Waals surface area contributed by atoms with Gasteiger partial charge in [-0.05, 0) is 25.1 Å². The lowest BCUT2D eigenvalue weighted by atomic mass is 10.2. The zero-order valence-electron chi connectivity index (χ0n) is 9.40. The molecule has 1 atom stereocenters. The number of carbonyl (C=O) groups excluding carboxylic acids is 1. The van der Waals surface area contributed by atoms with Crippen LogP contribution in [0.1, 0.15) is 6.92 Å². The molecule has 2 N–H and O–H groups in total. The first-order valence-corrected chi connectivity index (χ1v) is 5.35. The molecule has 1 aromatic carbocycles. The van der Waals surface area contributed by atoms with Crippen LogP contribution in [0.15, 0.2) is 36.9 Å². The van der Waals surface area contributed by atoms with Crippen LogP contribution in [0, 0.1) is 0 Å². The Labute approximate surface area is 98.1 Å². The zero-order valence-corrected chi connectivity index (χ0v) is 9.40. The van der Waals surface area contributed by atoms with Gasteiger partial charge in [0.2, 0.25) is 5.95 Å². The van der Waals surface area contributed by atoms with Crippen LogP contribution in [0.25, 0.3) is 11.0 Å². The molecule has 17 heavy (non-hydrogen) atoms. The van der Waals surface area contributed by atoms with E-state index < -0.39 is 5.66 Å². The molecule has 2 heterocycles. The summed E-state index contributed by atoms with van der Waals surface area (Å²) in [5.41, 5.74) is 0.922. The molecule has 1 unspecified atom stereocenters. The Balaban J connectivity index is 2.25. The smallest absolute Gasteiger partial charge is 0.329 e. The maximum absolute atomic E-state index is 12.1. The highest BCUT2D eigenvalue weighted by Crippen LogP contribution is 2.25. The summed E-state index contributed by atoms with van der Waals surface area (Å²) >= 11 is 0. The highest BCUT2D eigenvalue weighted by Gasteiger charge is 2.32. The lowest BCUT2D eigenvalue weighted by molar-refractivity contribution is 0.234. The zero-order chi connectivity index (χ0) is 12.0. The maximum atomic E-state index is 12.1. The van der Waals surface area contributed by atoms with Crippen molar-refractivity contribution in [2.24, 2.45) is 0 Å². The number of rotatable bonds is 1. The SMILES string of the molecule is C=CC1(C)NC(=O)n2c(nc3ccccc32)N1. The van der Waals surface area contributed by atoms with Gasteiger partial charge in [0.1, 0.15) is 5.66 Å². The minimum atomic E-state index is -0.658. The second-order valence-corrected chi connectivity index (χ2v) is 4.22. The van der Waals surface area contributed by atoms with E-state index in [-0.39, 0.29) is 6.03 Å². The molecule has 5 heteroatoms. The third kappa shape index (κ3) is 1.32. The van der Waals surface area contributed by atoms with Crippen molar-refractivity contribution in [3.8, 4) is 0 Å². The fourth-order valence-corrected chi connectivity index (χ4v) is 1.96. The Bertz CT molecular complexity index is 630. The minimum absolute atomic E-state index is 0.199. The normalized spacial score (nSPS) is 22.8.